The second kappa shape index (κ2) is 11.5. The van der Waals surface area contributed by atoms with Crippen LogP contribution in [0.5, 0.6) is 0 Å². The Kier molecular flexibility index (Phi) is 11.0. The standard InChI is InChI=1S/C21H38O5/c1-9-13(3)18(22)16(6)19(23)14(4)10-12(2)11-15(5)20(24)17(7)21(25)26-8/h10,13-18,20,22,24H,9,11H2,1-8H3/b12-10+/t13-,14-,15+,16+,17+,18+,20+/m0/s1. The molecule has 7 atom stereocenters. The Balaban J connectivity index is 4.88. The van der Waals surface area contributed by atoms with E-state index in [1.165, 1.54) is 7.11 Å². The molecule has 0 aromatic carbocycles. The maximum absolute atomic E-state index is 12.6. The molecule has 0 radical (unpaired) electrons. The lowest BCUT2D eigenvalue weighted by molar-refractivity contribution is -0.149. The summed E-state index contributed by atoms with van der Waals surface area (Å²) in [6, 6.07) is 0. The van der Waals surface area contributed by atoms with E-state index in [2.05, 4.69) is 4.74 Å². The van der Waals surface area contributed by atoms with E-state index in [-0.39, 0.29) is 23.5 Å². The van der Waals surface area contributed by atoms with Crippen molar-refractivity contribution in [3.8, 4) is 0 Å². The average Bonchev–Trinajstić information content (AvgIpc) is 2.62. The number of ketones is 1. The van der Waals surface area contributed by atoms with Crippen LogP contribution in [0.15, 0.2) is 11.6 Å². The van der Waals surface area contributed by atoms with Crippen LogP contribution >= 0.6 is 0 Å². The smallest absolute Gasteiger partial charge is 0.311 e. The Morgan fingerprint density at radius 2 is 1.46 bits per heavy atom. The Bertz CT molecular complexity index is 485. The van der Waals surface area contributed by atoms with E-state index in [0.717, 1.165) is 12.0 Å². The molecule has 0 unspecified atom stereocenters. The number of methoxy groups -OCH3 is 1. The van der Waals surface area contributed by atoms with Crippen molar-refractivity contribution >= 4 is 11.8 Å². The zero-order chi connectivity index (χ0) is 20.6. The van der Waals surface area contributed by atoms with Crippen molar-refractivity contribution in [1.82, 2.24) is 0 Å². The molecule has 0 fully saturated rings. The van der Waals surface area contributed by atoms with Crippen molar-refractivity contribution in [2.75, 3.05) is 7.11 Å². The summed E-state index contributed by atoms with van der Waals surface area (Å²) in [6.07, 6.45) is 1.88. The fourth-order valence-electron chi connectivity index (χ4n) is 3.34. The lowest BCUT2D eigenvalue weighted by atomic mass is 9.83. The monoisotopic (exact) mass is 370 g/mol. The molecule has 26 heavy (non-hydrogen) atoms. The second-order valence-electron chi connectivity index (χ2n) is 7.85. The number of ether oxygens (including phenoxy) is 1. The number of hydrogen-bond donors (Lipinski definition) is 2. The molecule has 0 amide bonds. The minimum atomic E-state index is -0.803. The van der Waals surface area contributed by atoms with Crippen molar-refractivity contribution in [1.29, 1.82) is 0 Å². The normalized spacial score (nSPS) is 20.5. The molecule has 0 aliphatic rings. The van der Waals surface area contributed by atoms with E-state index in [0.29, 0.717) is 6.42 Å². The molecule has 5 nitrogen and oxygen atoms in total. The summed E-state index contributed by atoms with van der Waals surface area (Å²) in [5.41, 5.74) is 0.986. The molecule has 0 rings (SSSR count). The quantitative estimate of drug-likeness (QED) is 0.430. The van der Waals surface area contributed by atoms with Gasteiger partial charge in [0.1, 0.15) is 5.78 Å². The number of carbonyl (C=O) groups is 2. The Labute approximate surface area is 158 Å². The molecule has 2 N–H and O–H groups in total. The lowest BCUT2D eigenvalue weighted by Crippen LogP contribution is -2.34. The molecule has 0 aromatic rings. The molecule has 0 aliphatic heterocycles. The van der Waals surface area contributed by atoms with Crippen molar-refractivity contribution in [2.45, 2.75) is 73.5 Å². The van der Waals surface area contributed by atoms with Gasteiger partial charge in [-0.15, -0.1) is 0 Å². The Hall–Kier alpha value is -1.20. The highest BCUT2D eigenvalue weighted by molar-refractivity contribution is 5.85. The van der Waals surface area contributed by atoms with Gasteiger partial charge in [0.05, 0.1) is 25.2 Å². The molecule has 0 saturated heterocycles. The first-order chi connectivity index (χ1) is 12.0. The molecule has 0 bridgehead atoms. The predicted molar refractivity (Wildman–Crippen MR) is 104 cm³/mol. The topological polar surface area (TPSA) is 83.8 Å². The first kappa shape index (κ1) is 24.8. The van der Waals surface area contributed by atoms with Crippen LogP contribution in [0.3, 0.4) is 0 Å². The third-order valence-corrected chi connectivity index (χ3v) is 5.48. The predicted octanol–water partition coefficient (Wildman–Crippen LogP) is 3.38. The highest BCUT2D eigenvalue weighted by atomic mass is 16.5. The molecule has 0 aliphatic carbocycles. The van der Waals surface area contributed by atoms with Crippen LogP contribution in [0.1, 0.15) is 61.3 Å². The Morgan fingerprint density at radius 1 is 0.962 bits per heavy atom. The van der Waals surface area contributed by atoms with Crippen LogP contribution in [0, 0.1) is 29.6 Å². The molecule has 0 heterocycles. The highest BCUT2D eigenvalue weighted by Gasteiger charge is 2.29. The fraction of sp³-hybridized carbons (Fsp3) is 0.810. The fourth-order valence-corrected chi connectivity index (χ4v) is 3.34. The maximum Gasteiger partial charge on any atom is 0.311 e. The van der Waals surface area contributed by atoms with E-state index in [4.69, 9.17) is 0 Å². The highest BCUT2D eigenvalue weighted by Crippen LogP contribution is 2.24. The summed E-state index contributed by atoms with van der Waals surface area (Å²) in [7, 11) is 1.31. The van der Waals surface area contributed by atoms with Gasteiger partial charge in [-0.25, -0.2) is 0 Å². The number of Topliss-reactive ketones (excluding diaryl/α,β-unsaturated/α-hetero) is 1. The van der Waals surface area contributed by atoms with Crippen LogP contribution in [-0.4, -0.2) is 41.3 Å². The molecule has 5 heteroatoms. The van der Waals surface area contributed by atoms with Gasteiger partial charge in [0.15, 0.2) is 0 Å². The van der Waals surface area contributed by atoms with Gasteiger partial charge in [-0.05, 0) is 32.1 Å². The number of aliphatic hydroxyl groups excluding tert-OH is 2. The minimum Gasteiger partial charge on any atom is -0.469 e. The van der Waals surface area contributed by atoms with Crippen LogP contribution in [-0.2, 0) is 14.3 Å². The number of aliphatic hydroxyl groups is 2. The van der Waals surface area contributed by atoms with Crippen molar-refractivity contribution in [2.24, 2.45) is 29.6 Å². The van der Waals surface area contributed by atoms with E-state index in [1.54, 1.807) is 13.8 Å². The Morgan fingerprint density at radius 3 is 1.92 bits per heavy atom. The van der Waals surface area contributed by atoms with Crippen molar-refractivity contribution < 1.29 is 24.5 Å². The summed E-state index contributed by atoms with van der Waals surface area (Å²) < 4.78 is 4.68. The summed E-state index contributed by atoms with van der Waals surface area (Å²) in [4.78, 5) is 24.1. The van der Waals surface area contributed by atoms with Crippen LogP contribution in [0.2, 0.25) is 0 Å². The zero-order valence-electron chi connectivity index (χ0n) is 17.7. The third kappa shape index (κ3) is 7.20. The van der Waals surface area contributed by atoms with Crippen molar-refractivity contribution in [3.05, 3.63) is 11.6 Å². The van der Waals surface area contributed by atoms with E-state index >= 15 is 0 Å². The van der Waals surface area contributed by atoms with Gasteiger partial charge in [-0.2, -0.15) is 0 Å². The summed E-state index contributed by atoms with van der Waals surface area (Å²) in [5.74, 6) is -1.76. The van der Waals surface area contributed by atoms with Gasteiger partial charge in [-0.1, -0.05) is 52.7 Å². The van der Waals surface area contributed by atoms with Gasteiger partial charge >= 0.3 is 5.97 Å². The molecule has 0 spiro atoms. The summed E-state index contributed by atoms with van der Waals surface area (Å²) in [5, 5.41) is 20.6. The maximum atomic E-state index is 12.6. The van der Waals surface area contributed by atoms with E-state index in [1.807, 2.05) is 40.7 Å². The summed E-state index contributed by atoms with van der Waals surface area (Å²) in [6.45, 7) is 13.0. The van der Waals surface area contributed by atoms with Crippen LogP contribution in [0.25, 0.3) is 0 Å². The van der Waals surface area contributed by atoms with E-state index in [9.17, 15) is 19.8 Å². The molecule has 0 aromatic heterocycles. The largest absolute Gasteiger partial charge is 0.469 e. The number of hydrogen-bond acceptors (Lipinski definition) is 5. The molecule has 0 saturated carbocycles. The first-order valence-corrected chi connectivity index (χ1v) is 9.62. The van der Waals surface area contributed by atoms with Crippen molar-refractivity contribution in [3.63, 3.8) is 0 Å². The minimum absolute atomic E-state index is 0.0216. The first-order valence-electron chi connectivity index (χ1n) is 9.62. The molecular weight excluding hydrogens is 332 g/mol. The molecule has 152 valence electrons. The van der Waals surface area contributed by atoms with Crippen LogP contribution in [0.4, 0.5) is 0 Å². The van der Waals surface area contributed by atoms with Crippen LogP contribution < -0.4 is 0 Å². The zero-order valence-corrected chi connectivity index (χ0v) is 17.7. The van der Waals surface area contributed by atoms with Gasteiger partial charge in [0.2, 0.25) is 0 Å². The lowest BCUT2D eigenvalue weighted by Gasteiger charge is -2.25. The number of rotatable bonds is 11. The second-order valence-corrected chi connectivity index (χ2v) is 7.85. The third-order valence-electron chi connectivity index (χ3n) is 5.48. The number of allylic oxidation sites excluding steroid dienone is 2. The number of esters is 1. The van der Waals surface area contributed by atoms with E-state index < -0.39 is 30.0 Å². The summed E-state index contributed by atoms with van der Waals surface area (Å²) >= 11 is 0. The van der Waals surface area contributed by atoms with Gasteiger partial charge < -0.3 is 14.9 Å². The molecular formula is C21H38O5. The SMILES string of the molecule is CC[C@H](C)[C@@H](O)[C@@H](C)C(=O)[C@@H](C)/C=C(\C)C[C@@H](C)[C@@H](O)[C@@H](C)C(=O)OC. The van der Waals surface area contributed by atoms with Gasteiger partial charge in [-0.3, -0.25) is 9.59 Å². The van der Waals surface area contributed by atoms with Gasteiger partial charge in [0, 0.05) is 11.8 Å². The average molecular weight is 371 g/mol. The number of carbonyl (C=O) groups excluding carboxylic acids is 2. The van der Waals surface area contributed by atoms with Gasteiger partial charge in [0.25, 0.3) is 0 Å².